The van der Waals surface area contributed by atoms with Crippen molar-refractivity contribution in [2.24, 2.45) is 0 Å². The van der Waals surface area contributed by atoms with Crippen LogP contribution in [0.25, 0.3) is 0 Å². The molecule has 0 spiro atoms. The molecule has 0 saturated carbocycles. The first-order valence-electron chi connectivity index (χ1n) is 5.14. The van der Waals surface area contributed by atoms with Gasteiger partial charge in [-0.2, -0.15) is 0 Å². The summed E-state index contributed by atoms with van der Waals surface area (Å²) in [4.78, 5) is 26.3. The molecule has 16 heavy (non-hydrogen) atoms. The highest BCUT2D eigenvalue weighted by Gasteiger charge is 2.26. The maximum absolute atomic E-state index is 11.3. The SMILES string of the molecule is C#CCN1CCN(c2c(N)c(=O)c2=O)CC1. The maximum atomic E-state index is 11.3. The number of anilines is 2. The van der Waals surface area contributed by atoms with Gasteiger partial charge in [0.15, 0.2) is 0 Å². The Morgan fingerprint density at radius 1 is 1.19 bits per heavy atom. The molecule has 0 bridgehead atoms. The van der Waals surface area contributed by atoms with Crippen LogP contribution < -0.4 is 21.5 Å². The highest BCUT2D eigenvalue weighted by atomic mass is 16.2. The van der Waals surface area contributed by atoms with Gasteiger partial charge in [0.1, 0.15) is 11.4 Å². The first kappa shape index (κ1) is 10.7. The molecular weight excluding hydrogens is 206 g/mol. The van der Waals surface area contributed by atoms with Gasteiger partial charge in [0.2, 0.25) is 0 Å². The van der Waals surface area contributed by atoms with Crippen LogP contribution >= 0.6 is 0 Å². The van der Waals surface area contributed by atoms with Gasteiger partial charge in [0.05, 0.1) is 6.54 Å². The summed E-state index contributed by atoms with van der Waals surface area (Å²) in [5.41, 5.74) is 4.99. The van der Waals surface area contributed by atoms with Gasteiger partial charge in [-0.3, -0.25) is 14.5 Å². The Kier molecular flexibility index (Phi) is 2.67. The number of rotatable bonds is 2. The fourth-order valence-corrected chi connectivity index (χ4v) is 1.97. The predicted octanol–water partition coefficient (Wildman–Crippen LogP) is -1.38. The number of nitrogen functional groups attached to an aromatic ring is 1. The van der Waals surface area contributed by atoms with Crippen LogP contribution in [-0.4, -0.2) is 37.6 Å². The Labute approximate surface area is 93.1 Å². The Bertz CT molecular complexity index is 500. The summed E-state index contributed by atoms with van der Waals surface area (Å²) in [5.74, 6) is 2.58. The topological polar surface area (TPSA) is 66.6 Å². The van der Waals surface area contributed by atoms with E-state index in [0.29, 0.717) is 25.3 Å². The van der Waals surface area contributed by atoms with Gasteiger partial charge < -0.3 is 10.6 Å². The van der Waals surface area contributed by atoms with Crippen molar-refractivity contribution < 1.29 is 0 Å². The van der Waals surface area contributed by atoms with Crippen molar-refractivity contribution in [2.45, 2.75) is 0 Å². The van der Waals surface area contributed by atoms with Crippen molar-refractivity contribution in [3.05, 3.63) is 20.4 Å². The smallest absolute Gasteiger partial charge is 0.253 e. The third-order valence-electron chi connectivity index (χ3n) is 2.92. The number of terminal acetylenes is 1. The van der Waals surface area contributed by atoms with Gasteiger partial charge in [0, 0.05) is 26.2 Å². The lowest BCUT2D eigenvalue weighted by atomic mass is 10.1. The second-order valence-corrected chi connectivity index (χ2v) is 3.89. The van der Waals surface area contributed by atoms with Crippen molar-refractivity contribution in [1.29, 1.82) is 0 Å². The molecule has 1 aromatic carbocycles. The summed E-state index contributed by atoms with van der Waals surface area (Å²) in [5, 5.41) is 0. The summed E-state index contributed by atoms with van der Waals surface area (Å²) in [7, 11) is 0. The molecule has 1 aliphatic rings. The monoisotopic (exact) mass is 219 g/mol. The van der Waals surface area contributed by atoms with Crippen LogP contribution in [0, 0.1) is 12.3 Å². The van der Waals surface area contributed by atoms with Gasteiger partial charge in [0.25, 0.3) is 10.9 Å². The summed E-state index contributed by atoms with van der Waals surface area (Å²) >= 11 is 0. The zero-order valence-electron chi connectivity index (χ0n) is 8.90. The van der Waals surface area contributed by atoms with E-state index in [1.54, 1.807) is 0 Å². The third kappa shape index (κ3) is 1.57. The quantitative estimate of drug-likeness (QED) is 0.490. The molecule has 1 heterocycles. The summed E-state index contributed by atoms with van der Waals surface area (Å²) in [6.07, 6.45) is 5.22. The lowest BCUT2D eigenvalue weighted by Gasteiger charge is -2.35. The minimum atomic E-state index is -0.555. The molecule has 0 aliphatic carbocycles. The number of hydrogen-bond donors (Lipinski definition) is 1. The number of hydrogen-bond acceptors (Lipinski definition) is 5. The molecule has 84 valence electrons. The van der Waals surface area contributed by atoms with E-state index >= 15 is 0 Å². The van der Waals surface area contributed by atoms with E-state index in [1.807, 2.05) is 4.90 Å². The van der Waals surface area contributed by atoms with Crippen molar-refractivity contribution >= 4 is 11.4 Å². The highest BCUT2D eigenvalue weighted by molar-refractivity contribution is 5.72. The van der Waals surface area contributed by atoms with Crippen LogP contribution in [0.1, 0.15) is 0 Å². The maximum Gasteiger partial charge on any atom is 0.253 e. The summed E-state index contributed by atoms with van der Waals surface area (Å²) in [6, 6.07) is 0. The molecule has 2 rings (SSSR count). The van der Waals surface area contributed by atoms with Gasteiger partial charge in [-0.15, -0.1) is 6.42 Å². The second-order valence-electron chi connectivity index (χ2n) is 3.89. The standard InChI is InChI=1S/C11H13N3O2/c1-2-3-13-4-6-14(7-5-13)9-8(12)10(15)11(9)16/h1H,3-7,12H2. The normalized spacial score (nSPS) is 17.6. The van der Waals surface area contributed by atoms with E-state index in [2.05, 4.69) is 10.8 Å². The van der Waals surface area contributed by atoms with E-state index in [1.165, 1.54) is 0 Å². The van der Waals surface area contributed by atoms with E-state index < -0.39 is 10.9 Å². The molecule has 0 radical (unpaired) electrons. The zero-order valence-corrected chi connectivity index (χ0v) is 8.90. The van der Waals surface area contributed by atoms with E-state index in [-0.39, 0.29) is 5.69 Å². The Morgan fingerprint density at radius 2 is 1.81 bits per heavy atom. The average Bonchev–Trinajstić information content (AvgIpc) is 2.31. The van der Waals surface area contributed by atoms with Crippen LogP contribution in [0.5, 0.6) is 0 Å². The first-order chi connectivity index (χ1) is 7.65. The molecular formula is C11H13N3O2. The fraction of sp³-hybridized carbons (Fsp3) is 0.455. The molecule has 5 nitrogen and oxygen atoms in total. The lowest BCUT2D eigenvalue weighted by Crippen LogP contribution is -2.51. The van der Waals surface area contributed by atoms with Crippen molar-refractivity contribution in [3.63, 3.8) is 0 Å². The number of piperazine rings is 1. The molecule has 1 aromatic rings. The Hall–Kier alpha value is -1.80. The van der Waals surface area contributed by atoms with Crippen LogP contribution in [0.2, 0.25) is 0 Å². The summed E-state index contributed by atoms with van der Waals surface area (Å²) < 4.78 is 0. The number of nitrogens with two attached hydrogens (primary N) is 1. The van der Waals surface area contributed by atoms with Crippen LogP contribution in [0.15, 0.2) is 9.59 Å². The van der Waals surface area contributed by atoms with E-state index in [0.717, 1.165) is 13.1 Å². The molecule has 0 atom stereocenters. The van der Waals surface area contributed by atoms with Crippen molar-refractivity contribution in [3.8, 4) is 12.3 Å². The minimum absolute atomic E-state index is 0.107. The molecule has 0 aromatic heterocycles. The molecule has 0 unspecified atom stereocenters. The molecule has 5 heteroatoms. The molecule has 1 fully saturated rings. The van der Waals surface area contributed by atoms with Crippen LogP contribution in [0.3, 0.4) is 0 Å². The van der Waals surface area contributed by atoms with Gasteiger partial charge in [-0.1, -0.05) is 5.92 Å². The summed E-state index contributed by atoms with van der Waals surface area (Å²) in [6.45, 7) is 3.59. The fourth-order valence-electron chi connectivity index (χ4n) is 1.97. The van der Waals surface area contributed by atoms with Gasteiger partial charge >= 0.3 is 0 Å². The number of nitrogens with zero attached hydrogens (tertiary/aromatic N) is 2. The minimum Gasteiger partial charge on any atom is -0.394 e. The largest absolute Gasteiger partial charge is 0.394 e. The molecule has 1 saturated heterocycles. The Morgan fingerprint density at radius 3 is 2.31 bits per heavy atom. The molecule has 0 amide bonds. The zero-order chi connectivity index (χ0) is 11.7. The highest BCUT2D eigenvalue weighted by Crippen LogP contribution is 2.17. The van der Waals surface area contributed by atoms with Crippen LogP contribution in [0.4, 0.5) is 11.4 Å². The average molecular weight is 219 g/mol. The van der Waals surface area contributed by atoms with Crippen LogP contribution in [-0.2, 0) is 0 Å². The lowest BCUT2D eigenvalue weighted by molar-refractivity contribution is 0.288. The second kappa shape index (κ2) is 3.99. The predicted molar refractivity (Wildman–Crippen MR) is 63.3 cm³/mol. The van der Waals surface area contributed by atoms with Gasteiger partial charge in [-0.05, 0) is 0 Å². The van der Waals surface area contributed by atoms with Gasteiger partial charge in [-0.25, -0.2) is 0 Å². The van der Waals surface area contributed by atoms with Crippen molar-refractivity contribution in [2.75, 3.05) is 43.4 Å². The molecule has 2 N–H and O–H groups in total. The first-order valence-corrected chi connectivity index (χ1v) is 5.14. The van der Waals surface area contributed by atoms with E-state index in [9.17, 15) is 9.59 Å². The molecule has 1 aliphatic heterocycles. The third-order valence-corrected chi connectivity index (χ3v) is 2.92. The Balaban J connectivity index is 2.04. The van der Waals surface area contributed by atoms with Crippen molar-refractivity contribution in [1.82, 2.24) is 4.90 Å². The van der Waals surface area contributed by atoms with E-state index in [4.69, 9.17) is 12.2 Å².